The molecule has 0 radical (unpaired) electrons. The fraction of sp³-hybridized carbons (Fsp3) is 0.118. The number of benzene rings is 2. The van der Waals surface area contributed by atoms with Gasteiger partial charge in [-0.2, -0.15) is 0 Å². The van der Waals surface area contributed by atoms with Crippen LogP contribution in [0.3, 0.4) is 0 Å². The molecule has 0 bridgehead atoms. The van der Waals surface area contributed by atoms with Gasteiger partial charge in [-0.3, -0.25) is 4.79 Å². The predicted molar refractivity (Wildman–Crippen MR) is 91.0 cm³/mol. The summed E-state index contributed by atoms with van der Waals surface area (Å²) in [5, 5.41) is 4.38. The lowest BCUT2D eigenvalue weighted by atomic mass is 10.2. The number of fused-ring (bicyclic) bond motifs is 1. The number of carbonyl (C=O) groups is 1. The summed E-state index contributed by atoms with van der Waals surface area (Å²) in [6, 6.07) is 15.1. The Morgan fingerprint density at radius 1 is 1.23 bits per heavy atom. The van der Waals surface area contributed by atoms with Gasteiger partial charge in [0, 0.05) is 22.7 Å². The van der Waals surface area contributed by atoms with Crippen LogP contribution in [-0.4, -0.2) is 13.0 Å². The number of hydrogen-bond donors (Lipinski definition) is 1. The molecule has 1 heterocycles. The van der Waals surface area contributed by atoms with Crippen molar-refractivity contribution in [3.8, 4) is 5.75 Å². The number of thiophene rings is 1. The first-order valence-electron chi connectivity index (χ1n) is 6.80. The van der Waals surface area contributed by atoms with Crippen LogP contribution in [0.25, 0.3) is 10.1 Å². The summed E-state index contributed by atoms with van der Waals surface area (Å²) in [6.45, 7) is 0.384. The molecule has 0 aliphatic carbocycles. The molecule has 0 atom stereocenters. The molecule has 2 aromatic carbocycles. The summed E-state index contributed by atoms with van der Waals surface area (Å²) in [5.41, 5.74) is 0.572. The summed E-state index contributed by atoms with van der Waals surface area (Å²) >= 11 is 8.02. The Labute approximate surface area is 137 Å². The van der Waals surface area contributed by atoms with Crippen LogP contribution in [0.15, 0.2) is 48.5 Å². The van der Waals surface area contributed by atoms with Crippen LogP contribution in [0.1, 0.15) is 15.2 Å². The van der Waals surface area contributed by atoms with Crippen LogP contribution in [0.5, 0.6) is 5.75 Å². The van der Waals surface area contributed by atoms with Crippen molar-refractivity contribution in [3.63, 3.8) is 0 Å². The Morgan fingerprint density at radius 3 is 2.82 bits per heavy atom. The van der Waals surface area contributed by atoms with Crippen molar-refractivity contribution in [1.82, 2.24) is 5.32 Å². The van der Waals surface area contributed by atoms with E-state index in [1.54, 1.807) is 36.6 Å². The highest BCUT2D eigenvalue weighted by atomic mass is 35.5. The molecule has 112 valence electrons. The molecule has 0 aliphatic rings. The fourth-order valence-corrected chi connectivity index (χ4v) is 3.58. The lowest BCUT2D eigenvalue weighted by Crippen LogP contribution is -2.17. The van der Waals surface area contributed by atoms with Gasteiger partial charge in [0.25, 0.3) is 5.91 Å². The Hall–Kier alpha value is -2.04. The second kappa shape index (κ2) is 6.38. The lowest BCUT2D eigenvalue weighted by molar-refractivity contribution is 0.0962. The summed E-state index contributed by atoms with van der Waals surface area (Å²) in [7, 11) is 1.60. The van der Waals surface area contributed by atoms with E-state index < -0.39 is 0 Å². The van der Waals surface area contributed by atoms with Crippen LogP contribution in [0.4, 0.5) is 0 Å². The third-order valence-corrected chi connectivity index (χ3v) is 4.98. The van der Waals surface area contributed by atoms with Crippen molar-refractivity contribution in [2.24, 2.45) is 0 Å². The quantitative estimate of drug-likeness (QED) is 0.764. The van der Waals surface area contributed by atoms with E-state index >= 15 is 0 Å². The van der Waals surface area contributed by atoms with Crippen LogP contribution in [-0.2, 0) is 6.61 Å². The maximum absolute atomic E-state index is 11.6. The molecule has 1 amide bonds. The molecule has 0 aliphatic heterocycles. The van der Waals surface area contributed by atoms with Gasteiger partial charge in [-0.25, -0.2) is 0 Å². The van der Waals surface area contributed by atoms with Crippen LogP contribution in [0.2, 0.25) is 5.02 Å². The van der Waals surface area contributed by atoms with Gasteiger partial charge in [0.15, 0.2) is 0 Å². The molecule has 1 N–H and O–H groups in total. The second-order valence-electron chi connectivity index (χ2n) is 4.73. The van der Waals surface area contributed by atoms with E-state index in [-0.39, 0.29) is 5.91 Å². The standard InChI is InChI=1S/C17H14ClNO2S/c1-19-17(20)11-5-4-6-12(9-11)21-10-15-16(18)13-7-2-3-8-14(13)22-15/h2-9H,10H2,1H3,(H,19,20). The first kappa shape index (κ1) is 14.9. The van der Waals surface area contributed by atoms with Gasteiger partial charge < -0.3 is 10.1 Å². The summed E-state index contributed by atoms with van der Waals surface area (Å²) in [5.74, 6) is 0.514. The topological polar surface area (TPSA) is 38.3 Å². The molecule has 0 saturated heterocycles. The summed E-state index contributed by atoms with van der Waals surface area (Å²) in [6.07, 6.45) is 0. The average molecular weight is 332 g/mol. The number of rotatable bonds is 4. The van der Waals surface area contributed by atoms with E-state index in [9.17, 15) is 4.79 Å². The molecule has 3 aromatic rings. The molecule has 0 saturated carbocycles. The van der Waals surface area contributed by atoms with Crippen molar-refractivity contribution in [2.45, 2.75) is 6.61 Å². The van der Waals surface area contributed by atoms with Crippen LogP contribution in [0, 0.1) is 0 Å². The summed E-state index contributed by atoms with van der Waals surface area (Å²) < 4.78 is 6.93. The maximum Gasteiger partial charge on any atom is 0.251 e. The van der Waals surface area contributed by atoms with Crippen molar-refractivity contribution >= 4 is 38.9 Å². The average Bonchev–Trinajstić information content (AvgIpc) is 2.89. The number of nitrogens with one attached hydrogen (secondary N) is 1. The molecule has 1 aromatic heterocycles. The maximum atomic E-state index is 11.6. The minimum Gasteiger partial charge on any atom is -0.488 e. The molecule has 0 unspecified atom stereocenters. The molecular formula is C17H14ClNO2S. The monoisotopic (exact) mass is 331 g/mol. The zero-order valence-corrected chi connectivity index (χ0v) is 13.5. The van der Waals surface area contributed by atoms with Gasteiger partial charge in [-0.05, 0) is 24.3 Å². The largest absolute Gasteiger partial charge is 0.488 e. The Kier molecular flexibility index (Phi) is 4.32. The third-order valence-electron chi connectivity index (χ3n) is 3.29. The van der Waals surface area contributed by atoms with E-state index in [2.05, 4.69) is 5.32 Å². The number of carbonyl (C=O) groups excluding carboxylic acids is 1. The first-order chi connectivity index (χ1) is 10.7. The van der Waals surface area contributed by atoms with Gasteiger partial charge in [0.2, 0.25) is 0 Å². The summed E-state index contributed by atoms with van der Waals surface area (Å²) in [4.78, 5) is 12.6. The minimum absolute atomic E-state index is 0.134. The van der Waals surface area contributed by atoms with Crippen LogP contribution < -0.4 is 10.1 Å². The highest BCUT2D eigenvalue weighted by Gasteiger charge is 2.11. The van der Waals surface area contributed by atoms with E-state index in [0.29, 0.717) is 17.9 Å². The SMILES string of the molecule is CNC(=O)c1cccc(OCc2sc3ccccc3c2Cl)c1. The van der Waals surface area contributed by atoms with Gasteiger partial charge in [0.1, 0.15) is 12.4 Å². The van der Waals surface area contributed by atoms with Gasteiger partial charge in [-0.15, -0.1) is 11.3 Å². The van der Waals surface area contributed by atoms with E-state index in [0.717, 1.165) is 20.0 Å². The normalized spacial score (nSPS) is 10.6. The van der Waals surface area contributed by atoms with E-state index in [1.807, 2.05) is 30.3 Å². The first-order valence-corrected chi connectivity index (χ1v) is 7.99. The number of ether oxygens (including phenoxy) is 1. The molecule has 22 heavy (non-hydrogen) atoms. The van der Waals surface area contributed by atoms with Gasteiger partial charge >= 0.3 is 0 Å². The van der Waals surface area contributed by atoms with E-state index in [4.69, 9.17) is 16.3 Å². The number of halogens is 1. The smallest absolute Gasteiger partial charge is 0.251 e. The molecule has 0 fully saturated rings. The molecule has 3 nitrogen and oxygen atoms in total. The lowest BCUT2D eigenvalue weighted by Gasteiger charge is -2.07. The highest BCUT2D eigenvalue weighted by molar-refractivity contribution is 7.19. The number of hydrogen-bond acceptors (Lipinski definition) is 3. The van der Waals surface area contributed by atoms with Gasteiger partial charge in [-0.1, -0.05) is 35.9 Å². The zero-order valence-electron chi connectivity index (χ0n) is 11.9. The van der Waals surface area contributed by atoms with Crippen LogP contribution >= 0.6 is 22.9 Å². The Bertz CT molecular complexity index is 828. The zero-order chi connectivity index (χ0) is 15.5. The Balaban J connectivity index is 1.79. The number of amides is 1. The van der Waals surface area contributed by atoms with Crippen molar-refractivity contribution in [2.75, 3.05) is 7.05 Å². The molecular weight excluding hydrogens is 318 g/mol. The molecule has 3 rings (SSSR count). The minimum atomic E-state index is -0.134. The second-order valence-corrected chi connectivity index (χ2v) is 6.25. The van der Waals surface area contributed by atoms with Crippen molar-refractivity contribution in [3.05, 3.63) is 64.0 Å². The Morgan fingerprint density at radius 2 is 2.05 bits per heavy atom. The van der Waals surface area contributed by atoms with Gasteiger partial charge in [0.05, 0.1) is 9.90 Å². The van der Waals surface area contributed by atoms with E-state index in [1.165, 1.54) is 0 Å². The third kappa shape index (κ3) is 2.93. The molecule has 5 heteroatoms. The van der Waals surface area contributed by atoms with Crippen molar-refractivity contribution in [1.29, 1.82) is 0 Å². The predicted octanol–water partition coefficient (Wildman–Crippen LogP) is 4.49. The highest BCUT2D eigenvalue weighted by Crippen LogP contribution is 2.35. The van der Waals surface area contributed by atoms with Crippen molar-refractivity contribution < 1.29 is 9.53 Å². The fourth-order valence-electron chi connectivity index (χ4n) is 2.18. The molecule has 0 spiro atoms.